The Bertz CT molecular complexity index is 630. The summed E-state index contributed by atoms with van der Waals surface area (Å²) in [5.41, 5.74) is 6.52. The van der Waals surface area contributed by atoms with E-state index in [1.165, 1.54) is 0 Å². The number of nitrogens with two attached hydrogens (primary N) is 1. The predicted molar refractivity (Wildman–Crippen MR) is 96.2 cm³/mol. The highest BCUT2D eigenvalue weighted by Crippen LogP contribution is 2.30. The number of carbonyl (C=O) groups is 2. The third kappa shape index (κ3) is 4.72. The van der Waals surface area contributed by atoms with Gasteiger partial charge in [-0.15, -0.1) is 0 Å². The highest BCUT2D eigenvalue weighted by molar-refractivity contribution is 5.94. The predicted octanol–water partition coefficient (Wildman–Crippen LogP) is 2.00. The second-order valence-electron chi connectivity index (χ2n) is 7.19. The number of anilines is 1. The molecule has 2 fully saturated rings. The molecule has 1 aromatic carbocycles. The van der Waals surface area contributed by atoms with Gasteiger partial charge in [0.05, 0.1) is 0 Å². The number of benzene rings is 1. The Balaban J connectivity index is 1.53. The summed E-state index contributed by atoms with van der Waals surface area (Å²) in [5.74, 6) is 1.36. The molecule has 0 radical (unpaired) electrons. The molecule has 6 heteroatoms. The normalized spacial score (nSPS) is 23.2. The zero-order valence-corrected chi connectivity index (χ0v) is 14.7. The molecule has 0 bridgehead atoms. The van der Waals surface area contributed by atoms with E-state index in [9.17, 15) is 9.59 Å². The van der Waals surface area contributed by atoms with Crippen molar-refractivity contribution >= 4 is 17.5 Å². The van der Waals surface area contributed by atoms with Crippen LogP contribution in [0.5, 0.6) is 5.75 Å². The Hall–Kier alpha value is -2.08. The minimum atomic E-state index is -0.0326. The lowest BCUT2D eigenvalue weighted by atomic mass is 9.92. The number of likely N-dealkylation sites (tertiary alicyclic amines) is 1. The second-order valence-corrected chi connectivity index (χ2v) is 7.19. The molecule has 0 spiro atoms. The molecule has 2 amide bonds. The van der Waals surface area contributed by atoms with Gasteiger partial charge in [-0.1, -0.05) is 13.0 Å². The van der Waals surface area contributed by atoms with Gasteiger partial charge in [-0.2, -0.15) is 0 Å². The van der Waals surface area contributed by atoms with Crippen molar-refractivity contribution in [3.63, 3.8) is 0 Å². The van der Waals surface area contributed by atoms with Gasteiger partial charge in [0.15, 0.2) is 6.61 Å². The number of piperidine rings is 1. The average molecular weight is 345 g/mol. The average Bonchev–Trinajstić information content (AvgIpc) is 3.45. The molecule has 1 aliphatic carbocycles. The summed E-state index contributed by atoms with van der Waals surface area (Å²) in [6.07, 6.45) is 3.89. The fourth-order valence-corrected chi connectivity index (χ4v) is 3.28. The molecule has 2 unspecified atom stereocenters. The van der Waals surface area contributed by atoms with Crippen molar-refractivity contribution in [2.24, 2.45) is 17.6 Å². The Kier molecular flexibility index (Phi) is 5.58. The molecular formula is C19H27N3O3. The van der Waals surface area contributed by atoms with E-state index >= 15 is 0 Å². The standard InChI is InChI=1S/C19H27N3O3/c1-13-7-8-22(16(9-13)11-20)18(23)12-25-17-4-2-3-15(10-17)21-19(24)14-5-6-14/h2-4,10,13-14,16H,5-9,11-12,20H2,1H3,(H,21,24). The Morgan fingerprint density at radius 3 is 2.84 bits per heavy atom. The zero-order valence-electron chi connectivity index (χ0n) is 14.7. The monoisotopic (exact) mass is 345 g/mol. The van der Waals surface area contributed by atoms with Gasteiger partial charge >= 0.3 is 0 Å². The molecule has 2 atom stereocenters. The van der Waals surface area contributed by atoms with E-state index in [0.717, 1.165) is 32.2 Å². The van der Waals surface area contributed by atoms with Gasteiger partial charge in [-0.3, -0.25) is 9.59 Å². The number of ether oxygens (including phenoxy) is 1. The fourth-order valence-electron chi connectivity index (χ4n) is 3.28. The molecule has 6 nitrogen and oxygen atoms in total. The number of nitrogens with zero attached hydrogens (tertiary/aromatic N) is 1. The maximum absolute atomic E-state index is 12.5. The summed E-state index contributed by atoms with van der Waals surface area (Å²) < 4.78 is 5.66. The van der Waals surface area contributed by atoms with Crippen LogP contribution in [0.4, 0.5) is 5.69 Å². The van der Waals surface area contributed by atoms with Crippen molar-refractivity contribution in [3.05, 3.63) is 24.3 Å². The van der Waals surface area contributed by atoms with Crippen LogP contribution in [0, 0.1) is 11.8 Å². The highest BCUT2D eigenvalue weighted by Gasteiger charge is 2.30. The van der Waals surface area contributed by atoms with E-state index in [4.69, 9.17) is 10.5 Å². The van der Waals surface area contributed by atoms with Crippen molar-refractivity contribution in [1.29, 1.82) is 0 Å². The van der Waals surface area contributed by atoms with Crippen LogP contribution < -0.4 is 15.8 Å². The smallest absolute Gasteiger partial charge is 0.260 e. The van der Waals surface area contributed by atoms with E-state index in [1.807, 2.05) is 17.0 Å². The van der Waals surface area contributed by atoms with Crippen molar-refractivity contribution in [2.75, 3.05) is 25.0 Å². The number of rotatable bonds is 6. The number of hydrogen-bond donors (Lipinski definition) is 2. The van der Waals surface area contributed by atoms with Crippen LogP contribution in [0.15, 0.2) is 24.3 Å². The molecule has 2 aliphatic rings. The first-order chi connectivity index (χ1) is 12.1. The van der Waals surface area contributed by atoms with Gasteiger partial charge < -0.3 is 20.7 Å². The van der Waals surface area contributed by atoms with Gasteiger partial charge in [0.25, 0.3) is 5.91 Å². The topological polar surface area (TPSA) is 84.7 Å². The molecule has 1 aliphatic heterocycles. The molecule has 1 heterocycles. The first-order valence-corrected chi connectivity index (χ1v) is 9.10. The summed E-state index contributed by atoms with van der Waals surface area (Å²) >= 11 is 0. The van der Waals surface area contributed by atoms with Crippen LogP contribution in [0.3, 0.4) is 0 Å². The molecule has 1 aromatic rings. The summed E-state index contributed by atoms with van der Waals surface area (Å²) in [7, 11) is 0. The van der Waals surface area contributed by atoms with E-state index < -0.39 is 0 Å². The molecule has 1 saturated carbocycles. The number of carbonyl (C=O) groups excluding carboxylic acids is 2. The largest absolute Gasteiger partial charge is 0.484 e. The molecule has 1 saturated heterocycles. The minimum Gasteiger partial charge on any atom is -0.484 e. The van der Waals surface area contributed by atoms with Crippen LogP contribution >= 0.6 is 0 Å². The SMILES string of the molecule is CC1CCN(C(=O)COc2cccc(NC(=O)C3CC3)c2)C(CN)C1. The van der Waals surface area contributed by atoms with Gasteiger partial charge in [0.2, 0.25) is 5.91 Å². The van der Waals surface area contributed by atoms with E-state index in [-0.39, 0.29) is 30.4 Å². The number of nitrogens with one attached hydrogen (secondary N) is 1. The van der Waals surface area contributed by atoms with Crippen LogP contribution in [0.1, 0.15) is 32.6 Å². The number of hydrogen-bond acceptors (Lipinski definition) is 4. The zero-order chi connectivity index (χ0) is 17.8. The molecule has 0 aromatic heterocycles. The molecule has 3 rings (SSSR count). The third-order valence-corrected chi connectivity index (χ3v) is 4.98. The fraction of sp³-hybridized carbons (Fsp3) is 0.579. The third-order valence-electron chi connectivity index (χ3n) is 4.98. The number of amides is 2. The van der Waals surface area contributed by atoms with Crippen molar-refractivity contribution in [2.45, 2.75) is 38.6 Å². The van der Waals surface area contributed by atoms with Crippen LogP contribution in [-0.4, -0.2) is 42.5 Å². The van der Waals surface area contributed by atoms with E-state index in [2.05, 4.69) is 12.2 Å². The van der Waals surface area contributed by atoms with Gasteiger partial charge in [0, 0.05) is 36.8 Å². The molecule has 25 heavy (non-hydrogen) atoms. The van der Waals surface area contributed by atoms with Crippen molar-refractivity contribution in [3.8, 4) is 5.75 Å². The molecular weight excluding hydrogens is 318 g/mol. The summed E-state index contributed by atoms with van der Waals surface area (Å²) in [6.45, 7) is 3.41. The Labute approximate surface area is 148 Å². The Morgan fingerprint density at radius 1 is 1.32 bits per heavy atom. The van der Waals surface area contributed by atoms with E-state index in [1.54, 1.807) is 12.1 Å². The van der Waals surface area contributed by atoms with Crippen molar-refractivity contribution < 1.29 is 14.3 Å². The maximum atomic E-state index is 12.5. The first kappa shape index (κ1) is 17.7. The lowest BCUT2D eigenvalue weighted by molar-refractivity contribution is -0.137. The minimum absolute atomic E-state index is 0.00902. The lowest BCUT2D eigenvalue weighted by Gasteiger charge is -2.37. The summed E-state index contributed by atoms with van der Waals surface area (Å²) in [6, 6.07) is 7.29. The summed E-state index contributed by atoms with van der Waals surface area (Å²) in [5, 5.41) is 2.89. The maximum Gasteiger partial charge on any atom is 0.260 e. The lowest BCUT2D eigenvalue weighted by Crippen LogP contribution is -2.50. The molecule has 136 valence electrons. The quantitative estimate of drug-likeness (QED) is 0.826. The first-order valence-electron chi connectivity index (χ1n) is 9.10. The van der Waals surface area contributed by atoms with Gasteiger partial charge in [-0.25, -0.2) is 0 Å². The van der Waals surface area contributed by atoms with Crippen LogP contribution in [0.2, 0.25) is 0 Å². The van der Waals surface area contributed by atoms with Gasteiger partial charge in [-0.05, 0) is 43.7 Å². The van der Waals surface area contributed by atoms with E-state index in [0.29, 0.717) is 23.9 Å². The second kappa shape index (κ2) is 7.87. The highest BCUT2D eigenvalue weighted by atomic mass is 16.5. The summed E-state index contributed by atoms with van der Waals surface area (Å²) in [4.78, 5) is 26.2. The van der Waals surface area contributed by atoms with Crippen LogP contribution in [-0.2, 0) is 9.59 Å². The van der Waals surface area contributed by atoms with Crippen molar-refractivity contribution in [1.82, 2.24) is 4.90 Å². The molecule has 3 N–H and O–H groups in total. The van der Waals surface area contributed by atoms with Gasteiger partial charge in [0.1, 0.15) is 5.75 Å². The Morgan fingerprint density at radius 2 is 2.12 bits per heavy atom. The van der Waals surface area contributed by atoms with Crippen LogP contribution in [0.25, 0.3) is 0 Å².